The molecule has 4 rings (SSSR count). The number of ether oxygens (including phenoxy) is 1. The summed E-state index contributed by atoms with van der Waals surface area (Å²) in [6, 6.07) is 16.0. The third kappa shape index (κ3) is 6.32. The summed E-state index contributed by atoms with van der Waals surface area (Å²) in [6.45, 7) is 0.755. The quantitative estimate of drug-likeness (QED) is 0.353. The first-order valence-corrected chi connectivity index (χ1v) is 12.9. The zero-order chi connectivity index (χ0) is 25.7. The zero-order valence-corrected chi connectivity index (χ0v) is 20.6. The van der Waals surface area contributed by atoms with Crippen LogP contribution in [0.3, 0.4) is 0 Å². The number of fused-ring (bicyclic) bond motifs is 1. The smallest absolute Gasteiger partial charge is 0.270 e. The van der Waals surface area contributed by atoms with Crippen molar-refractivity contribution in [2.24, 2.45) is 0 Å². The van der Waals surface area contributed by atoms with Crippen molar-refractivity contribution in [2.75, 3.05) is 13.4 Å². The Balaban J connectivity index is 1.47. The molecule has 0 fully saturated rings. The lowest BCUT2D eigenvalue weighted by Crippen LogP contribution is -2.25. The molecule has 2 heterocycles. The number of carbonyl (C=O) groups excluding carboxylic acids is 1. The Bertz CT molecular complexity index is 1550. The van der Waals surface area contributed by atoms with Gasteiger partial charge in [0.25, 0.3) is 11.5 Å². The lowest BCUT2D eigenvalue weighted by atomic mass is 10.1. The van der Waals surface area contributed by atoms with Crippen LogP contribution in [-0.2, 0) is 29.7 Å². The summed E-state index contributed by atoms with van der Waals surface area (Å²) in [5, 5.41) is 3.09. The van der Waals surface area contributed by atoms with Crippen molar-refractivity contribution in [3.05, 3.63) is 99.9 Å². The van der Waals surface area contributed by atoms with E-state index in [0.29, 0.717) is 12.1 Å². The van der Waals surface area contributed by atoms with Crippen molar-refractivity contribution in [1.82, 2.24) is 24.6 Å². The average Bonchev–Trinajstić information content (AvgIpc) is 2.88. The van der Waals surface area contributed by atoms with Crippen LogP contribution in [0.15, 0.2) is 71.9 Å². The van der Waals surface area contributed by atoms with Crippen molar-refractivity contribution in [2.45, 2.75) is 19.6 Å². The maximum Gasteiger partial charge on any atom is 0.270 e. The third-order valence-electron chi connectivity index (χ3n) is 5.47. The fourth-order valence-corrected chi connectivity index (χ4v) is 3.92. The molecule has 2 aromatic heterocycles. The predicted molar refractivity (Wildman–Crippen MR) is 135 cm³/mol. The summed E-state index contributed by atoms with van der Waals surface area (Å²) in [4.78, 5) is 34.2. The lowest BCUT2D eigenvalue weighted by molar-refractivity contribution is 0.0946. The lowest BCUT2D eigenvalue weighted by Gasteiger charge is -2.09. The van der Waals surface area contributed by atoms with Crippen molar-refractivity contribution < 1.29 is 17.9 Å². The number of hydrogen-bond donors (Lipinski definition) is 2. The molecule has 11 heteroatoms. The van der Waals surface area contributed by atoms with Crippen LogP contribution in [0.2, 0.25) is 0 Å². The molecular formula is C25H25N5O5S. The van der Waals surface area contributed by atoms with Crippen molar-refractivity contribution in [1.29, 1.82) is 0 Å². The molecule has 10 nitrogen and oxygen atoms in total. The molecule has 36 heavy (non-hydrogen) atoms. The molecule has 0 atom stereocenters. The van der Waals surface area contributed by atoms with Crippen molar-refractivity contribution in [3.8, 4) is 5.75 Å². The average molecular weight is 508 g/mol. The number of pyridine rings is 1. The first-order valence-electron chi connectivity index (χ1n) is 11.0. The van der Waals surface area contributed by atoms with Gasteiger partial charge < -0.3 is 10.1 Å². The molecule has 4 aromatic rings. The van der Waals surface area contributed by atoms with E-state index in [0.717, 1.165) is 28.7 Å². The molecule has 0 aliphatic rings. The number of benzene rings is 2. The first-order chi connectivity index (χ1) is 17.2. The first kappa shape index (κ1) is 25.0. The number of rotatable bonds is 9. The van der Waals surface area contributed by atoms with Gasteiger partial charge in [0, 0.05) is 13.1 Å². The predicted octanol–water partition coefficient (Wildman–Crippen LogP) is 1.83. The van der Waals surface area contributed by atoms with Crippen LogP contribution in [0.25, 0.3) is 10.9 Å². The van der Waals surface area contributed by atoms with E-state index in [2.05, 4.69) is 20.0 Å². The van der Waals surface area contributed by atoms with Gasteiger partial charge in [-0.25, -0.2) is 23.1 Å². The molecule has 0 unspecified atom stereocenters. The van der Waals surface area contributed by atoms with Gasteiger partial charge in [0.15, 0.2) is 0 Å². The fraction of sp³-hybridized carbons (Fsp3) is 0.200. The Kier molecular flexibility index (Phi) is 7.41. The number of sulfonamides is 1. The second-order valence-electron chi connectivity index (χ2n) is 8.20. The summed E-state index contributed by atoms with van der Waals surface area (Å²) < 4.78 is 31.5. The van der Waals surface area contributed by atoms with Gasteiger partial charge in [-0.2, -0.15) is 0 Å². The molecule has 2 aromatic carbocycles. The Labute approximate surface area is 208 Å². The minimum atomic E-state index is -3.28. The Hall–Kier alpha value is -4.09. The van der Waals surface area contributed by atoms with Gasteiger partial charge in [0.05, 0.1) is 43.3 Å². The number of amides is 1. The molecule has 0 aliphatic carbocycles. The summed E-state index contributed by atoms with van der Waals surface area (Å²) >= 11 is 0. The van der Waals surface area contributed by atoms with E-state index in [9.17, 15) is 18.0 Å². The SMILES string of the molecule is COc1ccc(CNC(=O)c2cc3c(=O)n(Cc4ccc(CNS(C)(=O)=O)cc4)cnc3cn2)cc1. The second-order valence-corrected chi connectivity index (χ2v) is 10.0. The molecule has 0 radical (unpaired) electrons. The standard InChI is InChI=1S/C25H25N5O5S/c1-35-20-9-7-17(8-10-20)12-27-24(31)22-11-21-23(14-26-22)28-16-30(25(21)32)15-19-5-3-18(4-6-19)13-29-36(2,33)34/h3-11,14,16,29H,12-13,15H2,1-2H3,(H,27,31). The van der Waals surface area contributed by atoms with Gasteiger partial charge >= 0.3 is 0 Å². The van der Waals surface area contributed by atoms with Crippen LogP contribution in [0.4, 0.5) is 0 Å². The molecule has 186 valence electrons. The third-order valence-corrected chi connectivity index (χ3v) is 6.14. The van der Waals surface area contributed by atoms with Crippen LogP contribution in [0, 0.1) is 0 Å². The topological polar surface area (TPSA) is 132 Å². The molecular weight excluding hydrogens is 482 g/mol. The van der Waals surface area contributed by atoms with E-state index in [4.69, 9.17) is 4.74 Å². The van der Waals surface area contributed by atoms with E-state index in [1.165, 1.54) is 23.2 Å². The number of nitrogens with zero attached hydrogens (tertiary/aromatic N) is 3. The molecule has 1 amide bonds. The summed E-state index contributed by atoms with van der Waals surface area (Å²) in [6.07, 6.45) is 3.95. The van der Waals surface area contributed by atoms with Crippen LogP contribution in [-0.4, -0.2) is 42.2 Å². The van der Waals surface area contributed by atoms with Gasteiger partial charge in [0.2, 0.25) is 10.0 Å². The number of methoxy groups -OCH3 is 1. The normalized spacial score (nSPS) is 11.4. The Morgan fingerprint density at radius 3 is 2.28 bits per heavy atom. The number of nitrogens with one attached hydrogen (secondary N) is 2. The van der Waals surface area contributed by atoms with E-state index >= 15 is 0 Å². The van der Waals surface area contributed by atoms with E-state index in [-0.39, 0.29) is 29.7 Å². The molecule has 0 aliphatic heterocycles. The monoisotopic (exact) mass is 507 g/mol. The zero-order valence-electron chi connectivity index (χ0n) is 19.8. The minimum Gasteiger partial charge on any atom is -0.497 e. The van der Waals surface area contributed by atoms with Crippen LogP contribution in [0.5, 0.6) is 5.75 Å². The molecule has 0 saturated heterocycles. The highest BCUT2D eigenvalue weighted by molar-refractivity contribution is 7.88. The van der Waals surface area contributed by atoms with Crippen molar-refractivity contribution in [3.63, 3.8) is 0 Å². The highest BCUT2D eigenvalue weighted by Gasteiger charge is 2.12. The van der Waals surface area contributed by atoms with E-state index in [1.807, 2.05) is 36.4 Å². The minimum absolute atomic E-state index is 0.121. The molecule has 0 saturated carbocycles. The van der Waals surface area contributed by atoms with Gasteiger partial charge in [-0.3, -0.25) is 14.2 Å². The van der Waals surface area contributed by atoms with Gasteiger partial charge in [-0.1, -0.05) is 36.4 Å². The van der Waals surface area contributed by atoms with Crippen molar-refractivity contribution >= 4 is 26.8 Å². The van der Waals surface area contributed by atoms with Gasteiger partial charge in [-0.05, 0) is 34.9 Å². The van der Waals surface area contributed by atoms with Gasteiger partial charge in [0.1, 0.15) is 11.4 Å². The van der Waals surface area contributed by atoms with Crippen LogP contribution in [0.1, 0.15) is 27.2 Å². The number of carbonyl (C=O) groups is 1. The van der Waals surface area contributed by atoms with E-state index in [1.54, 1.807) is 19.2 Å². The maximum absolute atomic E-state index is 13.1. The molecule has 0 bridgehead atoms. The summed E-state index contributed by atoms with van der Waals surface area (Å²) in [5.74, 6) is 0.325. The Morgan fingerprint density at radius 1 is 0.972 bits per heavy atom. The van der Waals surface area contributed by atoms with Gasteiger partial charge in [-0.15, -0.1) is 0 Å². The van der Waals surface area contributed by atoms with E-state index < -0.39 is 15.9 Å². The highest BCUT2D eigenvalue weighted by atomic mass is 32.2. The highest BCUT2D eigenvalue weighted by Crippen LogP contribution is 2.12. The number of aromatic nitrogens is 3. The summed E-state index contributed by atoms with van der Waals surface area (Å²) in [5.41, 5.74) is 2.75. The molecule has 2 N–H and O–H groups in total. The fourth-order valence-electron chi connectivity index (χ4n) is 3.49. The Morgan fingerprint density at radius 2 is 1.61 bits per heavy atom. The summed E-state index contributed by atoms with van der Waals surface area (Å²) in [7, 11) is -1.69. The van der Waals surface area contributed by atoms with Crippen LogP contribution >= 0.6 is 0 Å². The number of hydrogen-bond acceptors (Lipinski definition) is 7. The largest absolute Gasteiger partial charge is 0.497 e. The second kappa shape index (κ2) is 10.7. The van der Waals surface area contributed by atoms with Crippen LogP contribution < -0.4 is 20.3 Å². The molecule has 0 spiro atoms. The maximum atomic E-state index is 13.1.